The van der Waals surface area contributed by atoms with Crippen LogP contribution in [0.4, 0.5) is 8.78 Å². The van der Waals surface area contributed by atoms with Gasteiger partial charge in [-0.1, -0.05) is 23.7 Å². The van der Waals surface area contributed by atoms with E-state index in [1.165, 1.54) is 12.3 Å². The van der Waals surface area contributed by atoms with Crippen molar-refractivity contribution in [3.05, 3.63) is 82.6 Å². The van der Waals surface area contributed by atoms with Crippen molar-refractivity contribution in [3.63, 3.8) is 0 Å². The first kappa shape index (κ1) is 18.8. The highest BCUT2D eigenvalue weighted by molar-refractivity contribution is 6.30. The first-order valence-corrected chi connectivity index (χ1v) is 8.52. The Labute approximate surface area is 159 Å². The van der Waals surface area contributed by atoms with Gasteiger partial charge in [0.2, 0.25) is 0 Å². The van der Waals surface area contributed by atoms with Crippen LogP contribution in [-0.4, -0.2) is 22.2 Å². The average molecular weight is 392 g/mol. The molecule has 3 aromatic rings. The minimum Gasteiger partial charge on any atom is -0.486 e. The number of ether oxygens (including phenoxy) is 1. The number of benzene rings is 2. The SMILES string of the molecule is O=C(NCCn1cc(Cl)cn1)c1cccc(COc2ccc(F)cc2F)c1. The van der Waals surface area contributed by atoms with Crippen LogP contribution in [-0.2, 0) is 13.2 Å². The van der Waals surface area contributed by atoms with Crippen LogP contribution < -0.4 is 10.1 Å². The molecule has 1 heterocycles. The van der Waals surface area contributed by atoms with Crippen molar-refractivity contribution in [1.82, 2.24) is 15.1 Å². The highest BCUT2D eigenvalue weighted by Crippen LogP contribution is 2.19. The predicted octanol–water partition coefficient (Wildman–Crippen LogP) is 3.82. The third-order valence-electron chi connectivity index (χ3n) is 3.71. The average Bonchev–Trinajstić information content (AvgIpc) is 3.06. The van der Waals surface area contributed by atoms with E-state index in [1.54, 1.807) is 35.1 Å². The standard InChI is InChI=1S/C19H16ClF2N3O2/c20-15-10-24-25(11-15)7-6-23-19(26)14-3-1-2-13(8-14)12-27-18-5-4-16(21)9-17(18)22/h1-5,8-11H,6-7,12H2,(H,23,26). The minimum atomic E-state index is -0.775. The zero-order chi connectivity index (χ0) is 19.2. The molecule has 0 fully saturated rings. The van der Waals surface area contributed by atoms with E-state index in [2.05, 4.69) is 10.4 Å². The number of nitrogens with one attached hydrogen (secondary N) is 1. The smallest absolute Gasteiger partial charge is 0.251 e. The molecule has 0 saturated heterocycles. The first-order valence-electron chi connectivity index (χ1n) is 8.14. The Hall–Kier alpha value is -2.93. The lowest BCUT2D eigenvalue weighted by molar-refractivity contribution is 0.0951. The number of rotatable bonds is 7. The van der Waals surface area contributed by atoms with E-state index in [1.807, 2.05) is 0 Å². The van der Waals surface area contributed by atoms with Gasteiger partial charge in [0.05, 0.1) is 17.8 Å². The van der Waals surface area contributed by atoms with Crippen molar-refractivity contribution in [3.8, 4) is 5.75 Å². The number of aromatic nitrogens is 2. The quantitative estimate of drug-likeness (QED) is 0.666. The van der Waals surface area contributed by atoms with Crippen molar-refractivity contribution in [2.75, 3.05) is 6.54 Å². The van der Waals surface area contributed by atoms with Crippen LogP contribution in [0.25, 0.3) is 0 Å². The van der Waals surface area contributed by atoms with Gasteiger partial charge in [-0.2, -0.15) is 5.10 Å². The maximum atomic E-state index is 13.6. The van der Waals surface area contributed by atoms with Gasteiger partial charge in [0.25, 0.3) is 5.91 Å². The Morgan fingerprint density at radius 3 is 2.81 bits per heavy atom. The molecule has 1 aromatic heterocycles. The lowest BCUT2D eigenvalue weighted by Crippen LogP contribution is -2.27. The minimum absolute atomic E-state index is 0.0511. The second kappa shape index (κ2) is 8.64. The lowest BCUT2D eigenvalue weighted by atomic mass is 10.1. The summed E-state index contributed by atoms with van der Waals surface area (Å²) < 4.78 is 33.5. The van der Waals surface area contributed by atoms with Crippen LogP contribution in [0.15, 0.2) is 54.9 Å². The Kier molecular flexibility index (Phi) is 6.03. The van der Waals surface area contributed by atoms with Gasteiger partial charge in [-0.05, 0) is 29.8 Å². The van der Waals surface area contributed by atoms with Crippen LogP contribution in [0.3, 0.4) is 0 Å². The molecule has 0 bridgehead atoms. The summed E-state index contributed by atoms with van der Waals surface area (Å²) in [5, 5.41) is 7.35. The van der Waals surface area contributed by atoms with Crippen molar-refractivity contribution in [2.45, 2.75) is 13.2 Å². The van der Waals surface area contributed by atoms with Crippen LogP contribution in [0.1, 0.15) is 15.9 Å². The van der Waals surface area contributed by atoms with Gasteiger partial charge in [0.1, 0.15) is 12.4 Å². The Balaban J connectivity index is 1.55. The van der Waals surface area contributed by atoms with Gasteiger partial charge in [0.15, 0.2) is 11.6 Å². The van der Waals surface area contributed by atoms with Crippen molar-refractivity contribution >= 4 is 17.5 Å². The highest BCUT2D eigenvalue weighted by atomic mass is 35.5. The maximum absolute atomic E-state index is 13.6. The summed E-state index contributed by atoms with van der Waals surface area (Å²) in [6.45, 7) is 0.929. The number of amides is 1. The molecule has 8 heteroatoms. The predicted molar refractivity (Wildman–Crippen MR) is 96.7 cm³/mol. The Morgan fingerprint density at radius 1 is 1.22 bits per heavy atom. The number of carbonyl (C=O) groups excluding carboxylic acids is 1. The van der Waals surface area contributed by atoms with Crippen LogP contribution in [0, 0.1) is 11.6 Å². The topological polar surface area (TPSA) is 56.2 Å². The highest BCUT2D eigenvalue weighted by Gasteiger charge is 2.08. The second-order valence-corrected chi connectivity index (χ2v) is 6.18. The number of nitrogens with zero attached hydrogens (tertiary/aromatic N) is 2. The van der Waals surface area contributed by atoms with E-state index >= 15 is 0 Å². The number of carbonyl (C=O) groups is 1. The number of hydrogen-bond acceptors (Lipinski definition) is 3. The van der Waals surface area contributed by atoms with Crippen LogP contribution in [0.5, 0.6) is 5.75 Å². The second-order valence-electron chi connectivity index (χ2n) is 5.74. The summed E-state index contributed by atoms with van der Waals surface area (Å²) in [5.74, 6) is -1.74. The van der Waals surface area contributed by atoms with Gasteiger partial charge >= 0.3 is 0 Å². The van der Waals surface area contributed by atoms with E-state index in [9.17, 15) is 13.6 Å². The Morgan fingerprint density at radius 2 is 2.07 bits per heavy atom. The summed E-state index contributed by atoms with van der Waals surface area (Å²) in [5.41, 5.74) is 1.14. The molecule has 140 valence electrons. The third-order valence-corrected chi connectivity index (χ3v) is 3.90. The van der Waals surface area contributed by atoms with Gasteiger partial charge in [-0.15, -0.1) is 0 Å². The molecule has 27 heavy (non-hydrogen) atoms. The maximum Gasteiger partial charge on any atom is 0.251 e. The van der Waals surface area contributed by atoms with Crippen molar-refractivity contribution in [2.24, 2.45) is 0 Å². The lowest BCUT2D eigenvalue weighted by Gasteiger charge is -2.09. The summed E-state index contributed by atoms with van der Waals surface area (Å²) in [7, 11) is 0. The molecule has 1 amide bonds. The van der Waals surface area contributed by atoms with E-state index in [0.717, 1.165) is 12.1 Å². The van der Waals surface area contributed by atoms with Gasteiger partial charge < -0.3 is 10.1 Å². The molecular formula is C19H16ClF2N3O2. The largest absolute Gasteiger partial charge is 0.486 e. The molecule has 0 unspecified atom stereocenters. The fraction of sp³-hybridized carbons (Fsp3) is 0.158. The van der Waals surface area contributed by atoms with Gasteiger partial charge in [-0.25, -0.2) is 8.78 Å². The van der Waals surface area contributed by atoms with Gasteiger partial charge in [-0.3, -0.25) is 9.48 Å². The van der Waals surface area contributed by atoms with Gasteiger partial charge in [0, 0.05) is 24.4 Å². The number of hydrogen-bond donors (Lipinski definition) is 1. The van der Waals surface area contributed by atoms with E-state index in [-0.39, 0.29) is 18.3 Å². The summed E-state index contributed by atoms with van der Waals surface area (Å²) >= 11 is 5.78. The molecule has 0 aliphatic heterocycles. The fourth-order valence-electron chi connectivity index (χ4n) is 2.40. The monoisotopic (exact) mass is 391 g/mol. The van der Waals surface area contributed by atoms with E-state index in [4.69, 9.17) is 16.3 Å². The summed E-state index contributed by atoms with van der Waals surface area (Å²) in [4.78, 5) is 12.2. The summed E-state index contributed by atoms with van der Waals surface area (Å²) in [6.07, 6.45) is 3.19. The van der Waals surface area contributed by atoms with Crippen molar-refractivity contribution < 1.29 is 18.3 Å². The molecule has 1 N–H and O–H groups in total. The molecule has 0 aliphatic rings. The third kappa shape index (κ3) is 5.27. The number of halogens is 3. The molecule has 0 atom stereocenters. The normalized spacial score (nSPS) is 10.6. The fourth-order valence-corrected chi connectivity index (χ4v) is 2.56. The van der Waals surface area contributed by atoms with Crippen molar-refractivity contribution in [1.29, 1.82) is 0 Å². The zero-order valence-electron chi connectivity index (χ0n) is 14.2. The summed E-state index contributed by atoms with van der Waals surface area (Å²) in [6, 6.07) is 9.89. The van der Waals surface area contributed by atoms with Crippen LogP contribution in [0.2, 0.25) is 5.02 Å². The molecular weight excluding hydrogens is 376 g/mol. The zero-order valence-corrected chi connectivity index (χ0v) is 14.9. The molecule has 0 spiro atoms. The molecule has 5 nitrogen and oxygen atoms in total. The van der Waals surface area contributed by atoms with Crippen LogP contribution >= 0.6 is 11.6 Å². The molecule has 0 saturated carbocycles. The molecule has 3 rings (SSSR count). The molecule has 0 aliphatic carbocycles. The molecule has 2 aromatic carbocycles. The molecule has 0 radical (unpaired) electrons. The first-order chi connectivity index (χ1) is 13.0. The van der Waals surface area contributed by atoms with E-state index in [0.29, 0.717) is 29.2 Å². The Bertz CT molecular complexity index is 946. The van der Waals surface area contributed by atoms with E-state index < -0.39 is 11.6 Å².